The largest absolute Gasteiger partial charge is 0.383 e. The first kappa shape index (κ1) is 19.1. The van der Waals surface area contributed by atoms with Gasteiger partial charge in [0.15, 0.2) is 0 Å². The van der Waals surface area contributed by atoms with Crippen LogP contribution in [-0.4, -0.2) is 67.6 Å². The van der Waals surface area contributed by atoms with E-state index in [2.05, 4.69) is 26.1 Å². The number of nitrogens with one attached hydrogen (secondary N) is 1. The van der Waals surface area contributed by atoms with E-state index in [1.807, 2.05) is 7.05 Å². The molecule has 0 aliphatic carbocycles. The Morgan fingerprint density at radius 3 is 2.71 bits per heavy atom. The van der Waals surface area contributed by atoms with Gasteiger partial charge in [-0.2, -0.15) is 4.31 Å². The van der Waals surface area contributed by atoms with Gasteiger partial charge in [0.25, 0.3) is 5.69 Å². The molecule has 0 radical (unpaired) electrons. The van der Waals surface area contributed by atoms with E-state index in [9.17, 15) is 18.5 Å². The van der Waals surface area contributed by atoms with Crippen molar-refractivity contribution in [2.75, 3.05) is 50.4 Å². The van der Waals surface area contributed by atoms with Crippen LogP contribution in [0.15, 0.2) is 23.1 Å². The molecular weight excluding hydrogens is 400 g/mol. The first-order valence-electron chi connectivity index (χ1n) is 7.63. The third-order valence-electron chi connectivity index (χ3n) is 3.88. The van der Waals surface area contributed by atoms with Crippen molar-refractivity contribution in [1.29, 1.82) is 0 Å². The zero-order valence-corrected chi connectivity index (χ0v) is 15.8. The Bertz CT molecular complexity index is 698. The van der Waals surface area contributed by atoms with E-state index in [0.717, 1.165) is 19.0 Å². The van der Waals surface area contributed by atoms with Crippen LogP contribution in [0.5, 0.6) is 0 Å². The topological polar surface area (TPSA) is 95.8 Å². The highest BCUT2D eigenvalue weighted by Gasteiger charge is 2.30. The molecule has 1 N–H and O–H groups in total. The SMILES string of the molecule is CN1CCCN(S(=O)(=O)c2cc([N+](=O)[O-])ccc2NCCBr)CC1. The minimum atomic E-state index is -3.80. The summed E-state index contributed by atoms with van der Waals surface area (Å²) in [5, 5.41) is 14.7. The Hall–Kier alpha value is -1.23. The van der Waals surface area contributed by atoms with E-state index in [0.29, 0.717) is 37.2 Å². The average Bonchev–Trinajstić information content (AvgIpc) is 2.77. The van der Waals surface area contributed by atoms with Gasteiger partial charge in [-0.25, -0.2) is 8.42 Å². The van der Waals surface area contributed by atoms with Gasteiger partial charge in [-0.15, -0.1) is 0 Å². The summed E-state index contributed by atoms with van der Waals surface area (Å²) < 4.78 is 27.5. The second-order valence-electron chi connectivity index (χ2n) is 5.61. The van der Waals surface area contributed by atoms with E-state index >= 15 is 0 Å². The zero-order valence-electron chi connectivity index (χ0n) is 13.4. The van der Waals surface area contributed by atoms with Crippen LogP contribution in [0.3, 0.4) is 0 Å². The molecule has 0 amide bonds. The maximum atomic E-state index is 13.0. The molecule has 1 heterocycles. The molecule has 1 aliphatic rings. The third-order valence-corrected chi connectivity index (χ3v) is 6.22. The van der Waals surface area contributed by atoms with Crippen LogP contribution >= 0.6 is 15.9 Å². The highest BCUT2D eigenvalue weighted by Crippen LogP contribution is 2.29. The van der Waals surface area contributed by atoms with Gasteiger partial charge >= 0.3 is 0 Å². The van der Waals surface area contributed by atoms with E-state index in [1.165, 1.54) is 16.4 Å². The van der Waals surface area contributed by atoms with Gasteiger partial charge in [-0.3, -0.25) is 10.1 Å². The first-order valence-corrected chi connectivity index (χ1v) is 10.2. The molecule has 0 spiro atoms. The normalized spacial score (nSPS) is 17.4. The number of non-ortho nitro benzene ring substituents is 1. The number of benzene rings is 1. The molecule has 0 aromatic heterocycles. The number of nitrogens with zero attached hydrogens (tertiary/aromatic N) is 3. The summed E-state index contributed by atoms with van der Waals surface area (Å²) in [5.74, 6) is 0. The molecular formula is C14H21BrN4O4S. The van der Waals surface area contributed by atoms with E-state index in [4.69, 9.17) is 0 Å². The zero-order chi connectivity index (χ0) is 17.7. The molecule has 24 heavy (non-hydrogen) atoms. The lowest BCUT2D eigenvalue weighted by Crippen LogP contribution is -2.35. The third kappa shape index (κ3) is 4.44. The molecule has 8 nitrogen and oxygen atoms in total. The van der Waals surface area contributed by atoms with Gasteiger partial charge < -0.3 is 10.2 Å². The van der Waals surface area contributed by atoms with Crippen molar-refractivity contribution in [2.45, 2.75) is 11.3 Å². The predicted octanol–water partition coefficient (Wildman–Crippen LogP) is 1.73. The Morgan fingerprint density at radius 2 is 2.04 bits per heavy atom. The van der Waals surface area contributed by atoms with Gasteiger partial charge in [0, 0.05) is 43.6 Å². The van der Waals surface area contributed by atoms with E-state index < -0.39 is 14.9 Å². The summed E-state index contributed by atoms with van der Waals surface area (Å²) in [5.41, 5.74) is 0.155. The summed E-state index contributed by atoms with van der Waals surface area (Å²) in [7, 11) is -1.85. The lowest BCUT2D eigenvalue weighted by molar-refractivity contribution is -0.385. The van der Waals surface area contributed by atoms with Crippen molar-refractivity contribution < 1.29 is 13.3 Å². The van der Waals surface area contributed by atoms with E-state index in [1.54, 1.807) is 0 Å². The Morgan fingerprint density at radius 1 is 1.29 bits per heavy atom. The maximum Gasteiger partial charge on any atom is 0.270 e. The number of alkyl halides is 1. The Labute approximate surface area is 150 Å². The summed E-state index contributed by atoms with van der Waals surface area (Å²) in [4.78, 5) is 12.5. The number of hydrogen-bond acceptors (Lipinski definition) is 6. The van der Waals surface area contributed by atoms with Crippen LogP contribution in [0, 0.1) is 10.1 Å². The van der Waals surface area contributed by atoms with Gasteiger partial charge in [0.2, 0.25) is 10.0 Å². The molecule has 134 valence electrons. The van der Waals surface area contributed by atoms with Crippen LogP contribution in [0.4, 0.5) is 11.4 Å². The van der Waals surface area contributed by atoms with Crippen LogP contribution in [0.1, 0.15) is 6.42 Å². The van der Waals surface area contributed by atoms with Crippen LogP contribution in [-0.2, 0) is 10.0 Å². The Balaban J connectivity index is 2.42. The highest BCUT2D eigenvalue weighted by atomic mass is 79.9. The number of hydrogen-bond donors (Lipinski definition) is 1. The number of likely N-dealkylation sites (N-methyl/N-ethyl adjacent to an activating group) is 1. The second kappa shape index (κ2) is 8.24. The van der Waals surface area contributed by atoms with Gasteiger partial charge in [0.05, 0.1) is 10.6 Å². The lowest BCUT2D eigenvalue weighted by Gasteiger charge is -2.22. The number of halogens is 1. The molecule has 0 unspecified atom stereocenters. The molecule has 0 atom stereocenters. The minimum absolute atomic E-state index is 0.0396. The highest BCUT2D eigenvalue weighted by molar-refractivity contribution is 9.09. The fraction of sp³-hybridized carbons (Fsp3) is 0.571. The predicted molar refractivity (Wildman–Crippen MR) is 96.3 cm³/mol. The number of anilines is 1. The number of sulfonamides is 1. The van der Waals surface area contributed by atoms with Crippen LogP contribution in [0.25, 0.3) is 0 Å². The smallest absolute Gasteiger partial charge is 0.270 e. The number of rotatable bonds is 6. The summed E-state index contributed by atoms with van der Waals surface area (Å²) in [6.07, 6.45) is 0.731. The van der Waals surface area contributed by atoms with Gasteiger partial charge in [0.1, 0.15) is 4.90 Å². The quantitative estimate of drug-likeness (QED) is 0.427. The molecule has 1 saturated heterocycles. The first-order chi connectivity index (χ1) is 11.4. The average molecular weight is 421 g/mol. The summed E-state index contributed by atoms with van der Waals surface area (Å²) in [6, 6.07) is 3.91. The van der Waals surface area contributed by atoms with Gasteiger partial charge in [-0.1, -0.05) is 15.9 Å². The molecule has 1 aromatic rings. The number of nitro benzene ring substituents is 1. The standard InChI is InChI=1S/C14H21BrN4O4S/c1-17-7-2-8-18(10-9-17)24(22,23)14-11-12(19(20)21)3-4-13(14)16-6-5-15/h3-4,11,16H,2,5-10H2,1H3. The van der Waals surface area contributed by atoms with Gasteiger partial charge in [-0.05, 0) is 26.1 Å². The molecule has 0 bridgehead atoms. The molecule has 1 fully saturated rings. The molecule has 10 heteroatoms. The van der Waals surface area contributed by atoms with Crippen LogP contribution in [0.2, 0.25) is 0 Å². The van der Waals surface area contributed by atoms with Crippen molar-refractivity contribution in [3.05, 3.63) is 28.3 Å². The fourth-order valence-electron chi connectivity index (χ4n) is 2.57. The van der Waals surface area contributed by atoms with E-state index in [-0.39, 0.29) is 10.6 Å². The second-order valence-corrected chi connectivity index (χ2v) is 8.31. The minimum Gasteiger partial charge on any atom is -0.383 e. The van der Waals surface area contributed by atoms with Crippen molar-refractivity contribution in [3.63, 3.8) is 0 Å². The maximum absolute atomic E-state index is 13.0. The lowest BCUT2D eigenvalue weighted by atomic mass is 10.3. The molecule has 0 saturated carbocycles. The van der Waals surface area contributed by atoms with Crippen molar-refractivity contribution in [1.82, 2.24) is 9.21 Å². The fourth-order valence-corrected chi connectivity index (χ4v) is 4.42. The summed E-state index contributed by atoms with van der Waals surface area (Å²) in [6.45, 7) is 2.77. The van der Waals surface area contributed by atoms with Crippen molar-refractivity contribution in [2.24, 2.45) is 0 Å². The van der Waals surface area contributed by atoms with Crippen LogP contribution < -0.4 is 5.32 Å². The molecule has 1 aromatic carbocycles. The van der Waals surface area contributed by atoms with Crippen molar-refractivity contribution in [3.8, 4) is 0 Å². The molecule has 1 aliphatic heterocycles. The number of nitro groups is 1. The summed E-state index contributed by atoms with van der Waals surface area (Å²) >= 11 is 3.28. The molecule has 2 rings (SSSR count). The Kier molecular flexibility index (Phi) is 6.55. The monoisotopic (exact) mass is 420 g/mol. The van der Waals surface area contributed by atoms with Crippen molar-refractivity contribution >= 4 is 37.3 Å².